The molecule has 3 aromatic heterocycles. The minimum atomic E-state index is -0.449. The third-order valence-electron chi connectivity index (χ3n) is 4.03. The van der Waals surface area contributed by atoms with Crippen LogP contribution in [0.2, 0.25) is 0 Å². The second-order valence-corrected chi connectivity index (χ2v) is 7.60. The molecule has 0 aliphatic rings. The number of rotatable bonds is 3. The van der Waals surface area contributed by atoms with E-state index in [1.165, 1.54) is 16.3 Å². The largest absolute Gasteiger partial charge is 0.335 e. The average Bonchev–Trinajstić information content (AvgIpc) is 3.24. The molecule has 0 fully saturated rings. The molecule has 0 aliphatic carbocycles. The lowest BCUT2D eigenvalue weighted by atomic mass is 10.2. The molecule has 3 heterocycles. The van der Waals surface area contributed by atoms with Gasteiger partial charge in [-0.1, -0.05) is 28.1 Å². The van der Waals surface area contributed by atoms with Gasteiger partial charge in [-0.15, -0.1) is 10.2 Å². The van der Waals surface area contributed by atoms with Gasteiger partial charge in [0.05, 0.1) is 0 Å². The molecule has 0 bridgehead atoms. The third-order valence-corrected chi connectivity index (χ3v) is 5.40. The summed E-state index contributed by atoms with van der Waals surface area (Å²) in [7, 11) is 2.97. The number of aromatic amines is 1. The summed E-state index contributed by atoms with van der Waals surface area (Å²) in [5, 5.41) is 8.97. The number of fused-ring (bicyclic) bond motifs is 1. The summed E-state index contributed by atoms with van der Waals surface area (Å²) >= 11 is 4.49. The van der Waals surface area contributed by atoms with Crippen molar-refractivity contribution in [1.29, 1.82) is 0 Å². The topological polar surface area (TPSA) is 129 Å². The molecule has 4 aromatic rings. The van der Waals surface area contributed by atoms with Gasteiger partial charge in [-0.2, -0.15) is 0 Å². The number of nitrogens with two attached hydrogens (primary N) is 1. The first-order valence-electron chi connectivity index (χ1n) is 7.67. The Morgan fingerprint density at radius 2 is 1.81 bits per heavy atom. The summed E-state index contributed by atoms with van der Waals surface area (Å²) in [6.07, 6.45) is 0. The molecule has 0 amide bonds. The van der Waals surface area contributed by atoms with E-state index in [0.29, 0.717) is 16.1 Å². The van der Waals surface area contributed by atoms with Gasteiger partial charge in [0.15, 0.2) is 22.1 Å². The maximum Gasteiger partial charge on any atom is 0.332 e. The highest BCUT2D eigenvalue weighted by atomic mass is 79.9. The Morgan fingerprint density at radius 3 is 2.52 bits per heavy atom. The normalized spacial score (nSPS) is 11.4. The number of aryl methyl sites for hydroxylation is 1. The Balaban J connectivity index is 1.74. The number of imidazole rings is 1. The van der Waals surface area contributed by atoms with Crippen molar-refractivity contribution in [3.05, 3.63) is 49.6 Å². The number of benzene rings is 1. The zero-order valence-electron chi connectivity index (χ0n) is 14.2. The van der Waals surface area contributed by atoms with Crippen molar-refractivity contribution in [3.63, 3.8) is 0 Å². The molecule has 0 saturated heterocycles. The number of nitrogens with zero attached hydrogens (tertiary/aromatic N) is 6. The number of aromatic nitrogens is 7. The lowest BCUT2D eigenvalue weighted by Crippen LogP contribution is -2.36. The van der Waals surface area contributed by atoms with E-state index in [2.05, 4.69) is 36.1 Å². The number of halogens is 1. The first-order valence-corrected chi connectivity index (χ1v) is 9.28. The fourth-order valence-corrected chi connectivity index (χ4v) is 3.57. The third kappa shape index (κ3) is 2.86. The molecule has 0 radical (unpaired) electrons. The fraction of sp³-hybridized carbons (Fsp3) is 0.133. The molecule has 0 aliphatic heterocycles. The minimum absolute atomic E-state index is 0.235. The van der Waals surface area contributed by atoms with Crippen molar-refractivity contribution in [1.82, 2.24) is 34.0 Å². The Labute approximate surface area is 164 Å². The number of H-pyrrole nitrogens is 1. The van der Waals surface area contributed by atoms with E-state index < -0.39 is 11.2 Å². The molecule has 10 nitrogen and oxygen atoms in total. The van der Waals surface area contributed by atoms with E-state index in [1.807, 2.05) is 24.3 Å². The maximum absolute atomic E-state index is 12.3. The molecule has 138 valence electrons. The van der Waals surface area contributed by atoms with E-state index >= 15 is 0 Å². The Bertz CT molecular complexity index is 1280. The first kappa shape index (κ1) is 17.5. The molecule has 0 unspecified atom stereocenters. The van der Waals surface area contributed by atoms with Crippen LogP contribution in [0.25, 0.3) is 22.6 Å². The maximum atomic E-state index is 12.3. The van der Waals surface area contributed by atoms with Gasteiger partial charge >= 0.3 is 5.69 Å². The SMILES string of the molecule is Cn1c(=O)c2[nH]c(Sc3nnc(-c4ccc(Br)cc4)n3N)nc2n(C)c1=O. The van der Waals surface area contributed by atoms with Gasteiger partial charge in [0.1, 0.15) is 0 Å². The van der Waals surface area contributed by atoms with E-state index in [9.17, 15) is 9.59 Å². The Kier molecular flexibility index (Phi) is 4.15. The molecule has 0 spiro atoms. The molecular weight excluding hydrogens is 436 g/mol. The highest BCUT2D eigenvalue weighted by Gasteiger charge is 2.18. The zero-order chi connectivity index (χ0) is 19.3. The van der Waals surface area contributed by atoms with Crippen LogP contribution in [-0.2, 0) is 14.1 Å². The summed E-state index contributed by atoms with van der Waals surface area (Å²) in [6.45, 7) is 0. The predicted molar refractivity (Wildman–Crippen MR) is 104 cm³/mol. The molecule has 0 saturated carbocycles. The van der Waals surface area contributed by atoms with Crippen molar-refractivity contribution in [3.8, 4) is 11.4 Å². The highest BCUT2D eigenvalue weighted by Crippen LogP contribution is 2.27. The highest BCUT2D eigenvalue weighted by molar-refractivity contribution is 9.10. The van der Waals surface area contributed by atoms with Crippen LogP contribution >= 0.6 is 27.7 Å². The molecule has 1 aromatic carbocycles. The van der Waals surface area contributed by atoms with Gasteiger partial charge in [0, 0.05) is 24.1 Å². The van der Waals surface area contributed by atoms with Gasteiger partial charge < -0.3 is 10.8 Å². The molecule has 27 heavy (non-hydrogen) atoms. The predicted octanol–water partition coefficient (Wildman–Crippen LogP) is 0.846. The summed E-state index contributed by atoms with van der Waals surface area (Å²) in [5.74, 6) is 6.61. The Morgan fingerprint density at radius 1 is 1.11 bits per heavy atom. The molecular formula is C15H13BrN8O2S. The quantitative estimate of drug-likeness (QED) is 0.444. The van der Waals surface area contributed by atoms with E-state index in [0.717, 1.165) is 26.4 Å². The van der Waals surface area contributed by atoms with E-state index in [4.69, 9.17) is 5.84 Å². The lowest BCUT2D eigenvalue weighted by Gasteiger charge is -2.02. The van der Waals surface area contributed by atoms with Gasteiger partial charge in [0.2, 0.25) is 5.16 Å². The average molecular weight is 449 g/mol. The van der Waals surface area contributed by atoms with Crippen molar-refractivity contribution >= 4 is 38.9 Å². The van der Waals surface area contributed by atoms with Gasteiger partial charge in [-0.3, -0.25) is 13.9 Å². The molecule has 0 atom stereocenters. The number of nitrogen functional groups attached to an aromatic ring is 1. The fourth-order valence-electron chi connectivity index (χ4n) is 2.58. The van der Waals surface area contributed by atoms with E-state index in [-0.39, 0.29) is 11.2 Å². The van der Waals surface area contributed by atoms with Crippen molar-refractivity contribution < 1.29 is 0 Å². The van der Waals surface area contributed by atoms with Gasteiger partial charge in [-0.05, 0) is 23.9 Å². The Hall–Kier alpha value is -2.86. The number of hydrogen-bond donors (Lipinski definition) is 2. The van der Waals surface area contributed by atoms with Crippen LogP contribution in [0.1, 0.15) is 0 Å². The van der Waals surface area contributed by atoms with Crippen molar-refractivity contribution in [2.24, 2.45) is 14.1 Å². The number of nitrogens with one attached hydrogen (secondary N) is 1. The summed E-state index contributed by atoms with van der Waals surface area (Å²) in [4.78, 5) is 31.5. The monoisotopic (exact) mass is 448 g/mol. The van der Waals surface area contributed by atoms with Crippen LogP contribution in [0.5, 0.6) is 0 Å². The lowest BCUT2D eigenvalue weighted by molar-refractivity contribution is 0.708. The van der Waals surface area contributed by atoms with Crippen LogP contribution in [-0.4, -0.2) is 34.0 Å². The van der Waals surface area contributed by atoms with Crippen LogP contribution in [0, 0.1) is 0 Å². The van der Waals surface area contributed by atoms with Gasteiger partial charge in [0.25, 0.3) is 5.56 Å². The molecule has 3 N–H and O–H groups in total. The van der Waals surface area contributed by atoms with Gasteiger partial charge in [-0.25, -0.2) is 14.5 Å². The van der Waals surface area contributed by atoms with Crippen molar-refractivity contribution in [2.45, 2.75) is 10.3 Å². The number of hydrogen-bond acceptors (Lipinski definition) is 7. The van der Waals surface area contributed by atoms with Crippen LogP contribution in [0.3, 0.4) is 0 Å². The van der Waals surface area contributed by atoms with Crippen LogP contribution in [0.15, 0.2) is 48.6 Å². The second kappa shape index (κ2) is 6.39. The standard InChI is InChI=1S/C15H13BrN8O2S/c1-22-11-9(12(25)23(2)15(22)26)18-13(19-11)27-14-21-20-10(24(14)17)7-3-5-8(16)6-4-7/h3-6H,17H2,1-2H3,(H,18,19). The summed E-state index contributed by atoms with van der Waals surface area (Å²) in [6, 6.07) is 7.50. The molecule has 12 heteroatoms. The van der Waals surface area contributed by atoms with Crippen molar-refractivity contribution in [2.75, 3.05) is 5.84 Å². The zero-order valence-corrected chi connectivity index (χ0v) is 16.6. The molecule has 4 rings (SSSR count). The summed E-state index contributed by atoms with van der Waals surface area (Å²) in [5.41, 5.74) is 0.411. The minimum Gasteiger partial charge on any atom is -0.335 e. The smallest absolute Gasteiger partial charge is 0.332 e. The summed E-state index contributed by atoms with van der Waals surface area (Å²) < 4.78 is 4.61. The van der Waals surface area contributed by atoms with Crippen LogP contribution < -0.4 is 17.1 Å². The second-order valence-electron chi connectivity index (χ2n) is 5.73. The van der Waals surface area contributed by atoms with E-state index in [1.54, 1.807) is 7.05 Å². The van der Waals surface area contributed by atoms with Crippen LogP contribution in [0.4, 0.5) is 0 Å². The first-order chi connectivity index (χ1) is 12.9.